The molecule has 4 N–H and O–H groups in total. The van der Waals surface area contributed by atoms with Gasteiger partial charge >= 0.3 is 0 Å². The molecule has 150 valence electrons. The number of anilines is 1. The predicted octanol–water partition coefficient (Wildman–Crippen LogP) is 1.59. The summed E-state index contributed by atoms with van der Waals surface area (Å²) in [7, 11) is -1.98. The fourth-order valence-electron chi connectivity index (χ4n) is 3.27. The van der Waals surface area contributed by atoms with E-state index in [2.05, 4.69) is 51.7 Å². The minimum atomic E-state index is -3.70. The van der Waals surface area contributed by atoms with Crippen molar-refractivity contribution >= 4 is 21.7 Å². The molecule has 3 rings (SSSR count). The van der Waals surface area contributed by atoms with E-state index in [0.717, 1.165) is 25.1 Å². The van der Waals surface area contributed by atoms with Gasteiger partial charge in [-0.3, -0.25) is 4.99 Å². The molecule has 1 heterocycles. The lowest BCUT2D eigenvalue weighted by atomic mass is 10.2. The Balaban J connectivity index is 1.55. The van der Waals surface area contributed by atoms with Gasteiger partial charge in [-0.25, -0.2) is 13.6 Å². The largest absolute Gasteiger partial charge is 0.369 e. The van der Waals surface area contributed by atoms with Crippen molar-refractivity contribution < 1.29 is 8.42 Å². The van der Waals surface area contributed by atoms with E-state index in [1.165, 1.54) is 17.3 Å². The Kier molecular flexibility index (Phi) is 6.21. The Bertz CT molecular complexity index is 941. The van der Waals surface area contributed by atoms with E-state index in [0.29, 0.717) is 18.5 Å². The summed E-state index contributed by atoms with van der Waals surface area (Å²) < 4.78 is 23.0. The van der Waals surface area contributed by atoms with Crippen molar-refractivity contribution in [2.75, 3.05) is 25.0 Å². The molecule has 0 spiro atoms. The molecule has 0 bridgehead atoms. The number of aliphatic imine (C=N–C) groups is 1. The number of hydrogen-bond donors (Lipinski definition) is 3. The van der Waals surface area contributed by atoms with Crippen molar-refractivity contribution in [1.29, 1.82) is 0 Å². The fourth-order valence-corrected chi connectivity index (χ4v) is 3.86. The van der Waals surface area contributed by atoms with Crippen molar-refractivity contribution in [3.63, 3.8) is 0 Å². The molecule has 8 heteroatoms. The molecule has 0 aromatic heterocycles. The van der Waals surface area contributed by atoms with Gasteiger partial charge in [0, 0.05) is 38.4 Å². The summed E-state index contributed by atoms with van der Waals surface area (Å²) in [4.78, 5) is 6.75. The monoisotopic (exact) mass is 401 g/mol. The molecule has 0 saturated carbocycles. The summed E-state index contributed by atoms with van der Waals surface area (Å²) in [6.45, 7) is 4.45. The average molecular weight is 402 g/mol. The third-order valence-electron chi connectivity index (χ3n) is 4.84. The number of nitrogens with zero attached hydrogens (tertiary/aromatic N) is 2. The number of hydrogen-bond acceptors (Lipinski definition) is 4. The van der Waals surface area contributed by atoms with Gasteiger partial charge in [0.1, 0.15) is 0 Å². The Morgan fingerprint density at radius 1 is 1.25 bits per heavy atom. The van der Waals surface area contributed by atoms with Crippen molar-refractivity contribution in [2.45, 2.75) is 30.8 Å². The molecule has 2 aromatic rings. The smallest absolute Gasteiger partial charge is 0.238 e. The van der Waals surface area contributed by atoms with Crippen LogP contribution in [-0.4, -0.2) is 40.6 Å². The van der Waals surface area contributed by atoms with Gasteiger partial charge in [0.2, 0.25) is 10.0 Å². The van der Waals surface area contributed by atoms with Gasteiger partial charge in [-0.2, -0.15) is 0 Å². The van der Waals surface area contributed by atoms with Crippen molar-refractivity contribution in [2.24, 2.45) is 10.1 Å². The fraction of sp³-hybridized carbons (Fsp3) is 0.350. The normalized spacial score (nSPS) is 17.6. The van der Waals surface area contributed by atoms with Gasteiger partial charge < -0.3 is 15.5 Å². The maximum atomic E-state index is 11.5. The molecular weight excluding hydrogens is 374 g/mol. The summed E-state index contributed by atoms with van der Waals surface area (Å²) >= 11 is 0. The average Bonchev–Trinajstić information content (AvgIpc) is 3.14. The number of guanidine groups is 1. The second-order valence-electron chi connectivity index (χ2n) is 7.03. The minimum absolute atomic E-state index is 0.110. The topological polar surface area (TPSA) is 99.8 Å². The van der Waals surface area contributed by atoms with Gasteiger partial charge in [0.25, 0.3) is 0 Å². The van der Waals surface area contributed by atoms with E-state index in [-0.39, 0.29) is 4.90 Å². The van der Waals surface area contributed by atoms with Crippen LogP contribution < -0.4 is 20.7 Å². The van der Waals surface area contributed by atoms with Crippen LogP contribution in [0.1, 0.15) is 17.5 Å². The van der Waals surface area contributed by atoms with E-state index in [9.17, 15) is 8.42 Å². The van der Waals surface area contributed by atoms with E-state index in [1.807, 2.05) is 6.07 Å². The Hall–Kier alpha value is -2.58. The van der Waals surface area contributed by atoms with Crippen LogP contribution in [0.15, 0.2) is 58.4 Å². The quantitative estimate of drug-likeness (QED) is 0.522. The van der Waals surface area contributed by atoms with Gasteiger partial charge in [-0.15, -0.1) is 0 Å². The van der Waals surface area contributed by atoms with Crippen LogP contribution in [0.2, 0.25) is 0 Å². The van der Waals surface area contributed by atoms with Gasteiger partial charge in [-0.05, 0) is 43.2 Å². The number of nitrogens with one attached hydrogen (secondary N) is 2. The minimum Gasteiger partial charge on any atom is -0.369 e. The van der Waals surface area contributed by atoms with Gasteiger partial charge in [0.05, 0.1) is 4.90 Å². The number of rotatable bonds is 5. The summed E-state index contributed by atoms with van der Waals surface area (Å²) in [5, 5.41) is 11.9. The van der Waals surface area contributed by atoms with Crippen LogP contribution in [0, 0.1) is 6.92 Å². The third-order valence-corrected chi connectivity index (χ3v) is 5.75. The molecule has 28 heavy (non-hydrogen) atoms. The summed E-state index contributed by atoms with van der Waals surface area (Å²) in [6.07, 6.45) is 1.02. The number of primary sulfonamides is 1. The van der Waals surface area contributed by atoms with Crippen LogP contribution in [-0.2, 0) is 16.6 Å². The summed E-state index contributed by atoms with van der Waals surface area (Å²) in [5.41, 5.74) is 3.31. The van der Waals surface area contributed by atoms with Crippen LogP contribution in [0.4, 0.5) is 5.69 Å². The molecule has 1 atom stereocenters. The zero-order chi connectivity index (χ0) is 20.1. The first-order chi connectivity index (χ1) is 13.3. The number of benzene rings is 2. The molecule has 7 nitrogen and oxygen atoms in total. The van der Waals surface area contributed by atoms with E-state index in [4.69, 9.17) is 5.14 Å². The second-order valence-corrected chi connectivity index (χ2v) is 8.59. The Morgan fingerprint density at radius 3 is 2.68 bits per heavy atom. The van der Waals surface area contributed by atoms with E-state index < -0.39 is 10.0 Å². The van der Waals surface area contributed by atoms with E-state index >= 15 is 0 Å². The van der Waals surface area contributed by atoms with Crippen molar-refractivity contribution in [1.82, 2.24) is 10.6 Å². The molecule has 2 aromatic carbocycles. The Labute approximate surface area is 166 Å². The highest BCUT2D eigenvalue weighted by atomic mass is 32.2. The molecule has 1 aliphatic heterocycles. The van der Waals surface area contributed by atoms with Gasteiger partial charge in [-0.1, -0.05) is 29.8 Å². The Morgan fingerprint density at radius 2 is 2.00 bits per heavy atom. The molecule has 0 aliphatic carbocycles. The molecule has 1 unspecified atom stereocenters. The van der Waals surface area contributed by atoms with Crippen molar-refractivity contribution in [3.05, 3.63) is 59.7 Å². The molecule has 1 aliphatic rings. The summed E-state index contributed by atoms with van der Waals surface area (Å²) in [6, 6.07) is 15.5. The molecule has 0 radical (unpaired) electrons. The maximum Gasteiger partial charge on any atom is 0.238 e. The summed E-state index contributed by atoms with van der Waals surface area (Å²) in [5.74, 6) is 0.691. The molecule has 1 saturated heterocycles. The zero-order valence-corrected chi connectivity index (χ0v) is 17.0. The highest BCUT2D eigenvalue weighted by Crippen LogP contribution is 2.20. The van der Waals surface area contributed by atoms with E-state index in [1.54, 1.807) is 19.2 Å². The van der Waals surface area contributed by atoms with Crippen LogP contribution in [0.5, 0.6) is 0 Å². The van der Waals surface area contributed by atoms with Crippen LogP contribution >= 0.6 is 0 Å². The van der Waals surface area contributed by atoms with Gasteiger partial charge in [0.15, 0.2) is 5.96 Å². The standard InChI is InChI=1S/C20H27N5O2S/c1-15-6-8-18(9-7-15)25-11-10-17(14-25)24-20(22-2)23-13-16-4-3-5-19(12-16)28(21,26)27/h3-9,12,17H,10-11,13-14H2,1-2H3,(H2,21,26,27)(H2,22,23,24). The first-order valence-electron chi connectivity index (χ1n) is 9.26. The second kappa shape index (κ2) is 8.62. The SMILES string of the molecule is CN=C(NCc1cccc(S(N)(=O)=O)c1)NC1CCN(c2ccc(C)cc2)C1. The highest BCUT2D eigenvalue weighted by molar-refractivity contribution is 7.89. The molecule has 0 amide bonds. The number of aryl methyl sites for hydroxylation is 1. The van der Waals surface area contributed by atoms with Crippen LogP contribution in [0.25, 0.3) is 0 Å². The zero-order valence-electron chi connectivity index (χ0n) is 16.2. The lowest BCUT2D eigenvalue weighted by Gasteiger charge is -2.20. The molecule has 1 fully saturated rings. The lowest BCUT2D eigenvalue weighted by molar-refractivity contribution is 0.597. The first-order valence-corrected chi connectivity index (χ1v) is 10.8. The van der Waals surface area contributed by atoms with Crippen molar-refractivity contribution in [3.8, 4) is 0 Å². The number of nitrogens with two attached hydrogens (primary N) is 1. The molecular formula is C20H27N5O2S. The lowest BCUT2D eigenvalue weighted by Crippen LogP contribution is -2.44. The highest BCUT2D eigenvalue weighted by Gasteiger charge is 2.23. The maximum absolute atomic E-state index is 11.5. The van der Waals surface area contributed by atoms with Crippen LogP contribution in [0.3, 0.4) is 0 Å². The predicted molar refractivity (Wildman–Crippen MR) is 113 cm³/mol. The third kappa shape index (κ3) is 5.24. The number of sulfonamides is 1. The first kappa shape index (κ1) is 20.2.